The lowest BCUT2D eigenvalue weighted by Gasteiger charge is -2.26. The molecule has 2 aromatic rings. The first kappa shape index (κ1) is 29.0. The van der Waals surface area contributed by atoms with Crippen molar-refractivity contribution in [2.45, 2.75) is 52.5 Å². The molecule has 0 radical (unpaired) electrons. The lowest BCUT2D eigenvalue weighted by Crippen LogP contribution is -2.31. The molecule has 8 nitrogen and oxygen atoms in total. The molecule has 0 saturated carbocycles. The van der Waals surface area contributed by atoms with E-state index in [2.05, 4.69) is 6.92 Å². The third-order valence-electron chi connectivity index (χ3n) is 6.31. The SMILES string of the molecule is CCCCCOc1ccc(C2C(=C(O)c3ccc(OCC)cc3)C(=O)C(=O)N2CCCOC)cc1OCC. The summed E-state index contributed by atoms with van der Waals surface area (Å²) in [6, 6.07) is 11.4. The number of unbranched alkanes of at least 4 members (excludes halogenated alkanes) is 2. The van der Waals surface area contributed by atoms with Crippen LogP contribution in [-0.4, -0.2) is 61.8 Å². The molecule has 2 aromatic carbocycles. The highest BCUT2D eigenvalue weighted by Gasteiger charge is 2.46. The normalized spacial score (nSPS) is 16.6. The number of benzene rings is 2. The van der Waals surface area contributed by atoms with Crippen LogP contribution in [0.3, 0.4) is 0 Å². The van der Waals surface area contributed by atoms with Crippen molar-refractivity contribution >= 4 is 17.4 Å². The number of ether oxygens (including phenoxy) is 4. The van der Waals surface area contributed by atoms with Crippen molar-refractivity contribution in [3.8, 4) is 17.2 Å². The molecule has 1 unspecified atom stereocenters. The van der Waals surface area contributed by atoms with E-state index in [0.717, 1.165) is 19.3 Å². The standard InChI is InChI=1S/C30H39NO7/c1-5-8-9-19-38-24-16-13-22(20-25(24)37-7-3)27-26(29(33)30(34)31(27)17-10-18-35-4)28(32)21-11-14-23(15-12-21)36-6-2/h11-16,20,27,32H,5-10,17-19H2,1-4H3. The van der Waals surface area contributed by atoms with Crippen molar-refractivity contribution in [3.05, 3.63) is 59.2 Å². The zero-order chi connectivity index (χ0) is 27.5. The Morgan fingerprint density at radius 3 is 2.26 bits per heavy atom. The summed E-state index contributed by atoms with van der Waals surface area (Å²) in [5.74, 6) is 0.174. The molecule has 1 N–H and O–H groups in total. The lowest BCUT2D eigenvalue weighted by molar-refractivity contribution is -0.140. The highest BCUT2D eigenvalue weighted by Crippen LogP contribution is 2.42. The maximum absolute atomic E-state index is 13.3. The van der Waals surface area contributed by atoms with Crippen molar-refractivity contribution in [1.29, 1.82) is 0 Å². The van der Waals surface area contributed by atoms with Crippen LogP contribution in [0.15, 0.2) is 48.0 Å². The molecule has 0 bridgehead atoms. The number of hydrogen-bond donors (Lipinski definition) is 1. The van der Waals surface area contributed by atoms with Crippen LogP contribution < -0.4 is 14.2 Å². The topological polar surface area (TPSA) is 94.5 Å². The monoisotopic (exact) mass is 525 g/mol. The number of likely N-dealkylation sites (tertiary alicyclic amines) is 1. The number of ketones is 1. The molecule has 38 heavy (non-hydrogen) atoms. The van der Waals surface area contributed by atoms with Gasteiger partial charge in [0.1, 0.15) is 11.5 Å². The Labute approximate surface area is 225 Å². The van der Waals surface area contributed by atoms with Crippen LogP contribution in [0.4, 0.5) is 0 Å². The number of carbonyl (C=O) groups is 2. The summed E-state index contributed by atoms with van der Waals surface area (Å²) in [5.41, 5.74) is 1.11. The van der Waals surface area contributed by atoms with Gasteiger partial charge < -0.3 is 29.0 Å². The average molecular weight is 526 g/mol. The van der Waals surface area contributed by atoms with Gasteiger partial charge in [0.05, 0.1) is 31.4 Å². The summed E-state index contributed by atoms with van der Waals surface area (Å²) in [6.07, 6.45) is 3.64. The second-order valence-electron chi connectivity index (χ2n) is 8.99. The molecular formula is C30H39NO7. The quantitative estimate of drug-likeness (QED) is 0.142. The number of nitrogens with zero attached hydrogens (tertiary/aromatic N) is 1. The number of hydrogen-bond acceptors (Lipinski definition) is 7. The summed E-state index contributed by atoms with van der Waals surface area (Å²) in [5, 5.41) is 11.3. The summed E-state index contributed by atoms with van der Waals surface area (Å²) in [6.45, 7) is 8.14. The Kier molecular flexibility index (Phi) is 11.0. The van der Waals surface area contributed by atoms with Crippen molar-refractivity contribution in [3.63, 3.8) is 0 Å². The van der Waals surface area contributed by atoms with Crippen molar-refractivity contribution in [1.82, 2.24) is 4.90 Å². The fourth-order valence-corrected chi connectivity index (χ4v) is 4.48. The van der Waals surface area contributed by atoms with Gasteiger partial charge >= 0.3 is 0 Å². The van der Waals surface area contributed by atoms with Crippen molar-refractivity contribution in [2.75, 3.05) is 40.1 Å². The molecule has 1 saturated heterocycles. The summed E-state index contributed by atoms with van der Waals surface area (Å²) in [7, 11) is 1.59. The molecule has 0 aromatic heterocycles. The first-order chi connectivity index (χ1) is 18.5. The fraction of sp³-hybridized carbons (Fsp3) is 0.467. The van der Waals surface area contributed by atoms with Gasteiger partial charge in [0, 0.05) is 25.8 Å². The summed E-state index contributed by atoms with van der Waals surface area (Å²) < 4.78 is 22.5. The minimum absolute atomic E-state index is 0.0376. The molecule has 1 aliphatic rings. The Balaban J connectivity index is 2.05. The number of amides is 1. The third kappa shape index (κ3) is 6.86. The van der Waals surface area contributed by atoms with Gasteiger partial charge in [-0.05, 0) is 68.7 Å². The van der Waals surface area contributed by atoms with Crippen LogP contribution in [0.5, 0.6) is 17.2 Å². The first-order valence-electron chi connectivity index (χ1n) is 13.4. The zero-order valence-corrected chi connectivity index (χ0v) is 22.8. The van der Waals surface area contributed by atoms with Gasteiger partial charge in [-0.2, -0.15) is 0 Å². The van der Waals surface area contributed by atoms with E-state index in [1.165, 1.54) is 4.90 Å². The number of carbonyl (C=O) groups excluding carboxylic acids is 2. The molecule has 1 aliphatic heterocycles. The molecule has 206 valence electrons. The molecule has 1 heterocycles. The van der Waals surface area contributed by atoms with Crippen LogP contribution in [0.2, 0.25) is 0 Å². The number of rotatable bonds is 15. The predicted molar refractivity (Wildman–Crippen MR) is 146 cm³/mol. The molecular weight excluding hydrogens is 486 g/mol. The highest BCUT2D eigenvalue weighted by atomic mass is 16.5. The smallest absolute Gasteiger partial charge is 0.295 e. The third-order valence-corrected chi connectivity index (χ3v) is 6.31. The predicted octanol–water partition coefficient (Wildman–Crippen LogP) is 5.51. The van der Waals surface area contributed by atoms with E-state index in [1.807, 2.05) is 19.9 Å². The van der Waals surface area contributed by atoms with Gasteiger partial charge in [0.2, 0.25) is 0 Å². The number of methoxy groups -OCH3 is 1. The van der Waals surface area contributed by atoms with Gasteiger partial charge in [0.25, 0.3) is 11.7 Å². The van der Waals surface area contributed by atoms with Crippen LogP contribution in [0, 0.1) is 0 Å². The second kappa shape index (κ2) is 14.4. The van der Waals surface area contributed by atoms with Gasteiger partial charge in [-0.3, -0.25) is 9.59 Å². The van der Waals surface area contributed by atoms with Crippen LogP contribution in [-0.2, 0) is 14.3 Å². The van der Waals surface area contributed by atoms with E-state index in [-0.39, 0.29) is 11.3 Å². The fourth-order valence-electron chi connectivity index (χ4n) is 4.48. The largest absolute Gasteiger partial charge is 0.507 e. The summed E-state index contributed by atoms with van der Waals surface area (Å²) in [4.78, 5) is 27.9. The summed E-state index contributed by atoms with van der Waals surface area (Å²) >= 11 is 0. The number of aliphatic hydroxyl groups excluding tert-OH is 1. The zero-order valence-electron chi connectivity index (χ0n) is 22.8. The van der Waals surface area contributed by atoms with E-state index in [1.54, 1.807) is 43.5 Å². The number of Topliss-reactive ketones (excluding diaryl/α,β-unsaturated/α-hetero) is 1. The minimum Gasteiger partial charge on any atom is -0.507 e. The van der Waals surface area contributed by atoms with Crippen LogP contribution in [0.25, 0.3) is 5.76 Å². The lowest BCUT2D eigenvalue weighted by atomic mass is 9.95. The Morgan fingerprint density at radius 2 is 1.61 bits per heavy atom. The first-order valence-corrected chi connectivity index (χ1v) is 13.4. The van der Waals surface area contributed by atoms with Crippen LogP contribution >= 0.6 is 0 Å². The maximum Gasteiger partial charge on any atom is 0.295 e. The Morgan fingerprint density at radius 1 is 0.868 bits per heavy atom. The van der Waals surface area contributed by atoms with Gasteiger partial charge in [0.15, 0.2) is 11.5 Å². The molecule has 8 heteroatoms. The van der Waals surface area contributed by atoms with E-state index in [4.69, 9.17) is 18.9 Å². The van der Waals surface area contributed by atoms with Crippen LogP contribution in [0.1, 0.15) is 63.6 Å². The van der Waals surface area contributed by atoms with E-state index < -0.39 is 17.7 Å². The van der Waals surface area contributed by atoms with E-state index in [0.29, 0.717) is 67.8 Å². The minimum atomic E-state index is -0.785. The molecule has 3 rings (SSSR count). The molecule has 0 spiro atoms. The molecule has 0 aliphatic carbocycles. The van der Waals surface area contributed by atoms with E-state index >= 15 is 0 Å². The van der Waals surface area contributed by atoms with E-state index in [9.17, 15) is 14.7 Å². The number of aliphatic hydroxyl groups is 1. The Bertz CT molecular complexity index is 1110. The molecule has 1 amide bonds. The van der Waals surface area contributed by atoms with Crippen molar-refractivity contribution < 1.29 is 33.6 Å². The highest BCUT2D eigenvalue weighted by molar-refractivity contribution is 6.46. The average Bonchev–Trinajstić information content (AvgIpc) is 3.17. The second-order valence-corrected chi connectivity index (χ2v) is 8.99. The van der Waals surface area contributed by atoms with Gasteiger partial charge in [-0.1, -0.05) is 25.8 Å². The molecule has 1 atom stereocenters. The van der Waals surface area contributed by atoms with Gasteiger partial charge in [-0.15, -0.1) is 0 Å². The maximum atomic E-state index is 13.3. The van der Waals surface area contributed by atoms with Gasteiger partial charge in [-0.25, -0.2) is 0 Å². The van der Waals surface area contributed by atoms with Crippen molar-refractivity contribution in [2.24, 2.45) is 0 Å². The molecule has 1 fully saturated rings. The Hall–Kier alpha value is -3.52.